The van der Waals surface area contributed by atoms with E-state index in [4.69, 9.17) is 5.73 Å². The first-order valence-corrected chi connectivity index (χ1v) is 9.14. The zero-order chi connectivity index (χ0) is 20.4. The molecule has 0 radical (unpaired) electrons. The molecule has 0 atom stereocenters. The van der Waals surface area contributed by atoms with Crippen LogP contribution >= 0.6 is 11.3 Å². The van der Waals surface area contributed by atoms with Crippen molar-refractivity contribution in [3.8, 4) is 22.1 Å². The molecule has 0 aliphatic rings. The van der Waals surface area contributed by atoms with Gasteiger partial charge in [0.25, 0.3) is 5.91 Å². The summed E-state index contributed by atoms with van der Waals surface area (Å²) >= 11 is 1.39. The minimum Gasteiger partial charge on any atom is -0.508 e. The topological polar surface area (TPSA) is 157 Å². The van der Waals surface area contributed by atoms with Gasteiger partial charge in [-0.2, -0.15) is 9.78 Å². The molecule has 0 aliphatic heterocycles. The second-order valence-corrected chi connectivity index (χ2v) is 6.78. The van der Waals surface area contributed by atoms with Crippen LogP contribution < -0.4 is 11.2 Å². The van der Waals surface area contributed by atoms with Crippen molar-refractivity contribution in [2.24, 2.45) is 5.10 Å². The van der Waals surface area contributed by atoms with Crippen LogP contribution in [0, 0.1) is 0 Å². The molecule has 4 rings (SSSR count). The first-order valence-electron chi connectivity index (χ1n) is 8.26. The summed E-state index contributed by atoms with van der Waals surface area (Å²) in [6, 6.07) is 10.1. The lowest BCUT2D eigenvalue weighted by molar-refractivity contribution is 0.0950. The van der Waals surface area contributed by atoms with E-state index in [0.717, 1.165) is 10.4 Å². The number of carbonyl (C=O) groups excluding carboxylic acids is 1. The number of nitrogens with one attached hydrogen (secondary N) is 1. The standard InChI is InChI=1S/C17H14N8O3S/c1-9(10-4-6-11(26)7-5-10)19-21-17(27)13-14(12-3-2-8-29-12)25(24-20-13)16-15(18)22-28-23-16/h2-8,26H,1H3,(H2,18,22)(H,21,27)/b19-9+. The Labute approximate surface area is 167 Å². The fourth-order valence-corrected chi connectivity index (χ4v) is 3.27. The van der Waals surface area contributed by atoms with Crippen LogP contribution in [0.25, 0.3) is 16.4 Å². The summed E-state index contributed by atoms with van der Waals surface area (Å²) in [5, 5.41) is 30.5. The number of aromatic hydroxyl groups is 1. The number of nitrogens with two attached hydrogens (primary N) is 1. The van der Waals surface area contributed by atoms with Crippen LogP contribution in [0.5, 0.6) is 5.75 Å². The maximum Gasteiger partial charge on any atom is 0.294 e. The number of rotatable bonds is 5. The highest BCUT2D eigenvalue weighted by Crippen LogP contribution is 2.29. The number of nitrogens with zero attached hydrogens (tertiary/aromatic N) is 6. The van der Waals surface area contributed by atoms with Gasteiger partial charge in [0.2, 0.25) is 11.6 Å². The SMILES string of the molecule is C/C(=N\NC(=O)c1nnn(-c2nonc2N)c1-c1cccs1)c1ccc(O)cc1. The Hall–Kier alpha value is -4.06. The molecule has 0 fully saturated rings. The van der Waals surface area contributed by atoms with E-state index >= 15 is 0 Å². The second-order valence-electron chi connectivity index (χ2n) is 5.83. The van der Waals surface area contributed by atoms with E-state index in [1.165, 1.54) is 28.2 Å². The molecule has 0 unspecified atom stereocenters. The van der Waals surface area contributed by atoms with Gasteiger partial charge in [0.1, 0.15) is 11.4 Å². The average Bonchev–Trinajstić information content (AvgIpc) is 3.46. The van der Waals surface area contributed by atoms with Crippen molar-refractivity contribution in [1.82, 2.24) is 30.7 Å². The minimum absolute atomic E-state index is 0.0147. The van der Waals surface area contributed by atoms with E-state index in [-0.39, 0.29) is 23.1 Å². The van der Waals surface area contributed by atoms with Gasteiger partial charge in [-0.3, -0.25) is 4.79 Å². The van der Waals surface area contributed by atoms with Crippen LogP contribution in [0.3, 0.4) is 0 Å². The van der Waals surface area contributed by atoms with Gasteiger partial charge in [0.05, 0.1) is 10.6 Å². The number of anilines is 1. The largest absolute Gasteiger partial charge is 0.508 e. The maximum atomic E-state index is 12.8. The normalized spacial score (nSPS) is 11.6. The Kier molecular flexibility index (Phi) is 4.75. The number of benzene rings is 1. The number of aromatic nitrogens is 5. The molecule has 4 N–H and O–H groups in total. The van der Waals surface area contributed by atoms with Gasteiger partial charge < -0.3 is 10.8 Å². The highest BCUT2D eigenvalue weighted by molar-refractivity contribution is 7.13. The third kappa shape index (κ3) is 3.55. The maximum absolute atomic E-state index is 12.8. The molecule has 146 valence electrons. The number of phenols is 1. The van der Waals surface area contributed by atoms with Crippen LogP contribution in [-0.4, -0.2) is 42.0 Å². The summed E-state index contributed by atoms with van der Waals surface area (Å²) in [7, 11) is 0. The van der Waals surface area contributed by atoms with E-state index in [1.807, 2.05) is 17.5 Å². The van der Waals surface area contributed by atoms with Gasteiger partial charge >= 0.3 is 0 Å². The lowest BCUT2D eigenvalue weighted by atomic mass is 10.1. The van der Waals surface area contributed by atoms with Crippen LogP contribution in [0.2, 0.25) is 0 Å². The molecule has 29 heavy (non-hydrogen) atoms. The molecular weight excluding hydrogens is 396 g/mol. The molecule has 3 aromatic heterocycles. The Morgan fingerprint density at radius 1 is 1.28 bits per heavy atom. The Bertz CT molecular complexity index is 1180. The first kappa shape index (κ1) is 18.3. The Morgan fingerprint density at radius 3 is 2.72 bits per heavy atom. The molecule has 0 saturated carbocycles. The summed E-state index contributed by atoms with van der Waals surface area (Å²) in [5.41, 5.74) is 9.95. The number of amides is 1. The molecule has 0 saturated heterocycles. The fourth-order valence-electron chi connectivity index (χ4n) is 2.51. The smallest absolute Gasteiger partial charge is 0.294 e. The van der Waals surface area contributed by atoms with Crippen molar-refractivity contribution in [2.45, 2.75) is 6.92 Å². The Balaban J connectivity index is 1.67. The number of phenolic OH excluding ortho intramolecular Hbond substituents is 1. The molecule has 3 heterocycles. The van der Waals surface area contributed by atoms with Gasteiger partial charge in [-0.1, -0.05) is 11.3 Å². The van der Waals surface area contributed by atoms with Crippen molar-refractivity contribution in [2.75, 3.05) is 5.73 Å². The summed E-state index contributed by atoms with van der Waals surface area (Å²) in [6.07, 6.45) is 0. The van der Waals surface area contributed by atoms with Crippen LogP contribution in [0.15, 0.2) is 51.5 Å². The zero-order valence-electron chi connectivity index (χ0n) is 15.0. The lowest BCUT2D eigenvalue weighted by Gasteiger charge is -2.04. The molecular formula is C17H14N8O3S. The fraction of sp³-hybridized carbons (Fsp3) is 0.0588. The van der Waals surface area contributed by atoms with Crippen molar-refractivity contribution in [1.29, 1.82) is 0 Å². The summed E-state index contributed by atoms with van der Waals surface area (Å²) in [4.78, 5) is 13.5. The third-order valence-corrected chi connectivity index (χ3v) is 4.82. The highest BCUT2D eigenvalue weighted by Gasteiger charge is 2.25. The quantitative estimate of drug-likeness (QED) is 0.332. The monoisotopic (exact) mass is 410 g/mol. The zero-order valence-corrected chi connectivity index (χ0v) is 15.8. The van der Waals surface area contributed by atoms with Crippen LogP contribution in [0.4, 0.5) is 5.82 Å². The van der Waals surface area contributed by atoms with Crippen LogP contribution in [0.1, 0.15) is 23.0 Å². The molecule has 0 bridgehead atoms. The average molecular weight is 410 g/mol. The van der Waals surface area contributed by atoms with Gasteiger partial charge in [0.15, 0.2) is 5.69 Å². The van der Waals surface area contributed by atoms with E-state index in [0.29, 0.717) is 11.4 Å². The second kappa shape index (κ2) is 7.52. The predicted molar refractivity (Wildman–Crippen MR) is 105 cm³/mol. The molecule has 1 amide bonds. The molecule has 4 aromatic rings. The number of hydrazone groups is 1. The Morgan fingerprint density at radius 2 is 2.07 bits per heavy atom. The summed E-state index contributed by atoms with van der Waals surface area (Å²) < 4.78 is 5.92. The third-order valence-electron chi connectivity index (χ3n) is 3.95. The van der Waals surface area contributed by atoms with E-state index in [1.54, 1.807) is 19.1 Å². The molecule has 0 aliphatic carbocycles. The summed E-state index contributed by atoms with van der Waals surface area (Å²) in [6.45, 7) is 1.73. The number of hydrogen-bond donors (Lipinski definition) is 3. The van der Waals surface area contributed by atoms with E-state index in [2.05, 4.69) is 35.8 Å². The number of thiophene rings is 1. The summed E-state index contributed by atoms with van der Waals surface area (Å²) in [5.74, 6) is -0.276. The van der Waals surface area contributed by atoms with Gasteiger partial charge in [-0.15, -0.1) is 16.4 Å². The van der Waals surface area contributed by atoms with Crippen LogP contribution in [-0.2, 0) is 0 Å². The number of nitrogen functional groups attached to an aromatic ring is 1. The predicted octanol–water partition coefficient (Wildman–Crippen LogP) is 1.82. The van der Waals surface area contributed by atoms with Gasteiger partial charge in [-0.05, 0) is 58.5 Å². The van der Waals surface area contributed by atoms with Crippen molar-refractivity contribution >= 4 is 28.8 Å². The van der Waals surface area contributed by atoms with Crippen molar-refractivity contribution in [3.05, 3.63) is 53.0 Å². The van der Waals surface area contributed by atoms with Gasteiger partial charge in [0, 0.05) is 0 Å². The van der Waals surface area contributed by atoms with Gasteiger partial charge in [-0.25, -0.2) is 10.1 Å². The van der Waals surface area contributed by atoms with Crippen molar-refractivity contribution in [3.63, 3.8) is 0 Å². The number of hydrogen-bond acceptors (Lipinski definition) is 10. The molecule has 11 nitrogen and oxygen atoms in total. The minimum atomic E-state index is -0.562. The first-order chi connectivity index (χ1) is 14.0. The lowest BCUT2D eigenvalue weighted by Crippen LogP contribution is -2.20. The number of carbonyl (C=O) groups is 1. The highest BCUT2D eigenvalue weighted by atomic mass is 32.1. The molecule has 12 heteroatoms. The van der Waals surface area contributed by atoms with E-state index < -0.39 is 5.91 Å². The van der Waals surface area contributed by atoms with E-state index in [9.17, 15) is 9.90 Å². The molecule has 0 spiro atoms. The van der Waals surface area contributed by atoms with Crippen molar-refractivity contribution < 1.29 is 14.5 Å². The molecule has 1 aromatic carbocycles.